The van der Waals surface area contributed by atoms with Crippen molar-refractivity contribution in [2.75, 3.05) is 0 Å². The van der Waals surface area contributed by atoms with Crippen LogP contribution in [0.2, 0.25) is 0 Å². The van der Waals surface area contributed by atoms with Crippen LogP contribution in [0, 0.1) is 12.4 Å². The molecule has 40 valence electrons. The molecule has 0 amide bonds. The topological polar surface area (TPSA) is 4.93 Å². The smallest absolute Gasteiger partial charge is 0.0656 e. The number of aromatic nitrogens is 1. The van der Waals surface area contributed by atoms with Crippen LogP contribution in [0.1, 0.15) is 0 Å². The van der Waals surface area contributed by atoms with E-state index in [4.69, 9.17) is 0 Å². The number of hydrogen-bond donors (Lipinski definition) is 0. The van der Waals surface area contributed by atoms with Crippen molar-refractivity contribution >= 4 is 0 Å². The van der Waals surface area contributed by atoms with Crippen LogP contribution in [-0.4, -0.2) is 4.57 Å². The van der Waals surface area contributed by atoms with Crippen molar-refractivity contribution in [3.05, 3.63) is 37.2 Å². The highest BCUT2D eigenvalue weighted by Crippen LogP contribution is 1.85. The second kappa shape index (κ2) is 2.36. The number of nitrogens with zero attached hydrogens (tertiary/aromatic N) is 1. The molecule has 0 bridgehead atoms. The van der Waals surface area contributed by atoms with E-state index in [2.05, 4.69) is 19.0 Å². The summed E-state index contributed by atoms with van der Waals surface area (Å²) in [5.74, 6) is 0. The normalized spacial score (nSPS) is 9.00. The van der Waals surface area contributed by atoms with E-state index < -0.39 is 0 Å². The van der Waals surface area contributed by atoms with Gasteiger partial charge in [-0.3, -0.25) is 0 Å². The van der Waals surface area contributed by atoms with Crippen LogP contribution in [-0.2, 0) is 6.54 Å². The van der Waals surface area contributed by atoms with Gasteiger partial charge < -0.3 is 4.57 Å². The SMILES string of the molecule is C=CCn1[c]cc[c]1. The number of rotatable bonds is 2. The van der Waals surface area contributed by atoms with Gasteiger partial charge >= 0.3 is 0 Å². The van der Waals surface area contributed by atoms with Gasteiger partial charge in [0.25, 0.3) is 0 Å². The third-order valence-corrected chi connectivity index (χ3v) is 0.856. The zero-order valence-corrected chi connectivity index (χ0v) is 4.59. The average molecular weight is 105 g/mol. The molecule has 8 heavy (non-hydrogen) atoms. The highest BCUT2D eigenvalue weighted by atomic mass is 14.9. The first-order valence-electron chi connectivity index (χ1n) is 2.49. The van der Waals surface area contributed by atoms with Crippen LogP contribution in [0.3, 0.4) is 0 Å². The van der Waals surface area contributed by atoms with E-state index in [0.29, 0.717) is 0 Å². The van der Waals surface area contributed by atoms with Crippen molar-refractivity contribution in [2.45, 2.75) is 6.54 Å². The molecular weight excluding hydrogens is 98.1 g/mol. The number of hydrogen-bond acceptors (Lipinski definition) is 0. The lowest BCUT2D eigenvalue weighted by atomic mass is 10.6. The first-order chi connectivity index (χ1) is 3.93. The van der Waals surface area contributed by atoms with E-state index >= 15 is 0 Å². The molecule has 1 aromatic heterocycles. The Bertz CT molecular complexity index is 151. The summed E-state index contributed by atoms with van der Waals surface area (Å²) in [5.41, 5.74) is 0. The Morgan fingerprint density at radius 1 is 1.50 bits per heavy atom. The van der Waals surface area contributed by atoms with Crippen molar-refractivity contribution in [3.63, 3.8) is 0 Å². The Hall–Kier alpha value is -0.980. The van der Waals surface area contributed by atoms with E-state index in [-0.39, 0.29) is 0 Å². The van der Waals surface area contributed by atoms with Crippen LogP contribution in [0.25, 0.3) is 0 Å². The summed E-state index contributed by atoms with van der Waals surface area (Å²) < 4.78 is 1.81. The minimum Gasteiger partial charge on any atom is -0.334 e. The van der Waals surface area contributed by atoms with Gasteiger partial charge in [-0.25, -0.2) is 0 Å². The molecule has 1 heterocycles. The Morgan fingerprint density at radius 2 is 2.12 bits per heavy atom. The molecule has 0 spiro atoms. The highest BCUT2D eigenvalue weighted by molar-refractivity contribution is 4.88. The molecule has 0 fully saturated rings. The Balaban J connectivity index is 2.62. The fourth-order valence-electron chi connectivity index (χ4n) is 0.526. The highest BCUT2D eigenvalue weighted by Gasteiger charge is 1.80. The van der Waals surface area contributed by atoms with Gasteiger partial charge in [-0.1, -0.05) is 6.08 Å². The van der Waals surface area contributed by atoms with Crippen LogP contribution in [0.5, 0.6) is 0 Å². The van der Waals surface area contributed by atoms with Gasteiger partial charge in [0.2, 0.25) is 0 Å². The summed E-state index contributed by atoms with van der Waals surface area (Å²) in [5, 5.41) is 0. The molecule has 1 heteroatoms. The van der Waals surface area contributed by atoms with Gasteiger partial charge in [0.15, 0.2) is 0 Å². The van der Waals surface area contributed by atoms with Crippen molar-refractivity contribution in [1.82, 2.24) is 4.57 Å². The molecule has 2 radical (unpaired) electrons. The van der Waals surface area contributed by atoms with Gasteiger partial charge in [-0.05, 0) is 12.1 Å². The quantitative estimate of drug-likeness (QED) is 0.499. The average Bonchev–Trinajstić information content (AvgIpc) is 2.19. The van der Waals surface area contributed by atoms with Gasteiger partial charge in [-0.2, -0.15) is 0 Å². The first-order valence-corrected chi connectivity index (χ1v) is 2.49. The lowest BCUT2D eigenvalue weighted by Crippen LogP contribution is -1.88. The summed E-state index contributed by atoms with van der Waals surface area (Å²) in [4.78, 5) is 0. The van der Waals surface area contributed by atoms with E-state index in [0.717, 1.165) is 6.54 Å². The Labute approximate surface area is 49.3 Å². The standard InChI is InChI=1S/C7H7N/c1-2-5-8-6-3-4-7-8/h2-4H,1,5H2. The van der Waals surface area contributed by atoms with E-state index in [9.17, 15) is 0 Å². The Kier molecular flexibility index (Phi) is 1.52. The molecule has 1 nitrogen and oxygen atoms in total. The Morgan fingerprint density at radius 3 is 2.62 bits per heavy atom. The molecular formula is C7H7N. The molecule has 0 aliphatic rings. The van der Waals surface area contributed by atoms with Gasteiger partial charge in [-0.15, -0.1) is 6.58 Å². The fourth-order valence-corrected chi connectivity index (χ4v) is 0.526. The summed E-state index contributed by atoms with van der Waals surface area (Å²) in [7, 11) is 0. The predicted molar refractivity (Wildman–Crippen MR) is 32.3 cm³/mol. The summed E-state index contributed by atoms with van der Waals surface area (Å²) in [6, 6.07) is 3.65. The lowest BCUT2D eigenvalue weighted by Gasteiger charge is -1.89. The molecule has 0 atom stereocenters. The van der Waals surface area contributed by atoms with Crippen molar-refractivity contribution in [1.29, 1.82) is 0 Å². The molecule has 0 aliphatic heterocycles. The zero-order valence-electron chi connectivity index (χ0n) is 4.59. The van der Waals surface area contributed by atoms with Crippen molar-refractivity contribution in [3.8, 4) is 0 Å². The second-order valence-electron chi connectivity index (χ2n) is 1.49. The molecule has 0 aromatic carbocycles. The molecule has 1 aromatic rings. The largest absolute Gasteiger partial charge is 0.334 e. The minimum absolute atomic E-state index is 0.799. The predicted octanol–water partition coefficient (Wildman–Crippen LogP) is 1.27. The second-order valence-corrected chi connectivity index (χ2v) is 1.49. The van der Waals surface area contributed by atoms with Crippen molar-refractivity contribution in [2.24, 2.45) is 0 Å². The van der Waals surface area contributed by atoms with Gasteiger partial charge in [0, 0.05) is 6.54 Å². The summed E-state index contributed by atoms with van der Waals surface area (Å²) in [6.45, 7) is 4.37. The van der Waals surface area contributed by atoms with Gasteiger partial charge in [0.05, 0.1) is 12.4 Å². The lowest BCUT2D eigenvalue weighted by molar-refractivity contribution is 0.818. The third-order valence-electron chi connectivity index (χ3n) is 0.856. The van der Waals surface area contributed by atoms with E-state index in [1.54, 1.807) is 0 Å². The van der Waals surface area contributed by atoms with Crippen molar-refractivity contribution < 1.29 is 0 Å². The summed E-state index contributed by atoms with van der Waals surface area (Å²) in [6.07, 6.45) is 7.67. The molecule has 0 aliphatic carbocycles. The van der Waals surface area contributed by atoms with E-state index in [1.807, 2.05) is 22.8 Å². The van der Waals surface area contributed by atoms with Gasteiger partial charge in [0.1, 0.15) is 0 Å². The van der Waals surface area contributed by atoms with Crippen LogP contribution < -0.4 is 0 Å². The monoisotopic (exact) mass is 105 g/mol. The zero-order chi connectivity index (χ0) is 5.82. The maximum Gasteiger partial charge on any atom is 0.0656 e. The molecule has 0 saturated heterocycles. The maximum atomic E-state index is 3.57. The molecule has 1 rings (SSSR count). The molecule has 0 N–H and O–H groups in total. The summed E-state index contributed by atoms with van der Waals surface area (Å²) >= 11 is 0. The fraction of sp³-hybridized carbons (Fsp3) is 0.143. The molecule has 0 unspecified atom stereocenters. The van der Waals surface area contributed by atoms with Crippen LogP contribution in [0.15, 0.2) is 24.8 Å². The third kappa shape index (κ3) is 0.997. The van der Waals surface area contributed by atoms with Crippen LogP contribution in [0.4, 0.5) is 0 Å². The molecule has 0 saturated carbocycles. The van der Waals surface area contributed by atoms with E-state index in [1.165, 1.54) is 0 Å². The van der Waals surface area contributed by atoms with Crippen LogP contribution >= 0.6 is 0 Å². The first kappa shape index (κ1) is 5.16. The maximum absolute atomic E-state index is 3.57. The minimum atomic E-state index is 0.799. The number of allylic oxidation sites excluding steroid dienone is 1.